The lowest BCUT2D eigenvalue weighted by molar-refractivity contribution is 0.655. The summed E-state index contributed by atoms with van der Waals surface area (Å²) >= 11 is 7.34. The quantitative estimate of drug-likeness (QED) is 0.750. The lowest BCUT2D eigenvalue weighted by Crippen LogP contribution is -1.98. The molecule has 0 saturated carbocycles. The molecule has 0 bridgehead atoms. The van der Waals surface area contributed by atoms with E-state index in [2.05, 4.69) is 21.8 Å². The highest BCUT2D eigenvalue weighted by molar-refractivity contribution is 7.09. The van der Waals surface area contributed by atoms with Crippen molar-refractivity contribution in [2.45, 2.75) is 13.0 Å². The Labute approximate surface area is 91.3 Å². The first kappa shape index (κ1) is 9.68. The van der Waals surface area contributed by atoms with Crippen LogP contribution in [0.4, 0.5) is 0 Å². The van der Waals surface area contributed by atoms with Gasteiger partial charge in [-0.2, -0.15) is 0 Å². The fourth-order valence-corrected chi connectivity index (χ4v) is 2.08. The highest BCUT2D eigenvalue weighted by Gasteiger charge is 2.01. The summed E-state index contributed by atoms with van der Waals surface area (Å²) in [6.45, 7) is 0.799. The summed E-state index contributed by atoms with van der Waals surface area (Å²) in [4.78, 5) is 1.28. The van der Waals surface area contributed by atoms with Crippen molar-refractivity contribution in [3.05, 3.63) is 34.3 Å². The third kappa shape index (κ3) is 2.33. The van der Waals surface area contributed by atoms with Crippen LogP contribution in [-0.2, 0) is 13.0 Å². The van der Waals surface area contributed by atoms with Gasteiger partial charge in [-0.1, -0.05) is 11.3 Å². The van der Waals surface area contributed by atoms with Gasteiger partial charge in [0, 0.05) is 23.4 Å². The van der Waals surface area contributed by atoms with E-state index in [0.717, 1.165) is 18.7 Å². The molecule has 0 atom stereocenters. The van der Waals surface area contributed by atoms with E-state index in [-0.39, 0.29) is 0 Å². The third-order valence-corrected chi connectivity index (χ3v) is 2.88. The molecular formula is C9H10ClN3S. The fourth-order valence-electron chi connectivity index (χ4n) is 1.19. The van der Waals surface area contributed by atoms with Crippen LogP contribution in [0.25, 0.3) is 0 Å². The van der Waals surface area contributed by atoms with Gasteiger partial charge in [-0.05, 0) is 11.4 Å². The predicted octanol–water partition coefficient (Wildman–Crippen LogP) is 2.17. The lowest BCUT2D eigenvalue weighted by atomic mass is 10.4. The first-order valence-corrected chi connectivity index (χ1v) is 5.77. The van der Waals surface area contributed by atoms with Crippen molar-refractivity contribution in [3.8, 4) is 0 Å². The molecule has 14 heavy (non-hydrogen) atoms. The van der Waals surface area contributed by atoms with Crippen molar-refractivity contribution in [2.75, 3.05) is 5.88 Å². The number of aryl methyl sites for hydroxylation is 1. The standard InChI is InChI=1S/C9H10ClN3S/c10-4-3-8-6-13(12-11-8)7-9-2-1-5-14-9/h1-2,5-6H,3-4,7H2. The van der Waals surface area contributed by atoms with Crippen LogP contribution < -0.4 is 0 Å². The number of alkyl halides is 1. The van der Waals surface area contributed by atoms with Gasteiger partial charge in [0.25, 0.3) is 0 Å². The van der Waals surface area contributed by atoms with E-state index >= 15 is 0 Å². The minimum absolute atomic E-state index is 0.595. The van der Waals surface area contributed by atoms with Crippen molar-refractivity contribution >= 4 is 22.9 Å². The molecule has 0 aromatic carbocycles. The molecule has 0 saturated heterocycles. The molecule has 5 heteroatoms. The topological polar surface area (TPSA) is 30.7 Å². The number of rotatable bonds is 4. The molecule has 0 spiro atoms. The number of hydrogen-bond donors (Lipinski definition) is 0. The van der Waals surface area contributed by atoms with Crippen molar-refractivity contribution in [1.82, 2.24) is 15.0 Å². The van der Waals surface area contributed by atoms with Crippen LogP contribution in [0.5, 0.6) is 0 Å². The highest BCUT2D eigenvalue weighted by Crippen LogP contribution is 2.10. The van der Waals surface area contributed by atoms with Crippen LogP contribution in [0.2, 0.25) is 0 Å². The Morgan fingerprint density at radius 1 is 1.50 bits per heavy atom. The third-order valence-electron chi connectivity index (χ3n) is 1.83. The summed E-state index contributed by atoms with van der Waals surface area (Å²) in [6.07, 6.45) is 2.73. The SMILES string of the molecule is ClCCc1cn(Cc2cccs2)nn1. The van der Waals surface area contributed by atoms with Crippen LogP contribution >= 0.6 is 22.9 Å². The summed E-state index contributed by atoms with van der Waals surface area (Å²) in [5.41, 5.74) is 0.955. The molecule has 2 heterocycles. The average molecular weight is 228 g/mol. The molecule has 0 aliphatic heterocycles. The summed E-state index contributed by atoms with van der Waals surface area (Å²) in [5.74, 6) is 0.595. The first-order chi connectivity index (χ1) is 6.88. The van der Waals surface area contributed by atoms with E-state index in [1.807, 2.05) is 16.9 Å². The first-order valence-electron chi connectivity index (χ1n) is 4.36. The zero-order valence-electron chi connectivity index (χ0n) is 7.56. The molecule has 0 unspecified atom stereocenters. The van der Waals surface area contributed by atoms with E-state index in [0.29, 0.717) is 5.88 Å². The van der Waals surface area contributed by atoms with Gasteiger partial charge >= 0.3 is 0 Å². The number of aromatic nitrogens is 3. The van der Waals surface area contributed by atoms with Crippen LogP contribution in [-0.4, -0.2) is 20.9 Å². The lowest BCUT2D eigenvalue weighted by Gasteiger charge is -1.94. The molecule has 0 N–H and O–H groups in total. The van der Waals surface area contributed by atoms with Gasteiger partial charge < -0.3 is 0 Å². The van der Waals surface area contributed by atoms with E-state index < -0.39 is 0 Å². The molecule has 2 rings (SSSR count). The minimum Gasteiger partial charge on any atom is -0.247 e. The van der Waals surface area contributed by atoms with Crippen molar-refractivity contribution in [1.29, 1.82) is 0 Å². The summed E-state index contributed by atoms with van der Waals surface area (Å²) in [5, 5.41) is 10.1. The smallest absolute Gasteiger partial charge is 0.0839 e. The van der Waals surface area contributed by atoms with Gasteiger partial charge in [-0.15, -0.1) is 28.0 Å². The molecule has 0 amide bonds. The molecule has 2 aromatic rings. The van der Waals surface area contributed by atoms with Crippen molar-refractivity contribution < 1.29 is 0 Å². The van der Waals surface area contributed by atoms with Gasteiger partial charge in [-0.3, -0.25) is 0 Å². The maximum Gasteiger partial charge on any atom is 0.0839 e. The van der Waals surface area contributed by atoms with Gasteiger partial charge in [0.2, 0.25) is 0 Å². The summed E-state index contributed by atoms with van der Waals surface area (Å²) in [7, 11) is 0. The van der Waals surface area contributed by atoms with Crippen LogP contribution in [0.15, 0.2) is 23.7 Å². The second kappa shape index (κ2) is 4.57. The molecule has 0 aliphatic carbocycles. The fraction of sp³-hybridized carbons (Fsp3) is 0.333. The number of halogens is 1. The van der Waals surface area contributed by atoms with Gasteiger partial charge in [-0.25, -0.2) is 4.68 Å². The van der Waals surface area contributed by atoms with E-state index in [1.165, 1.54) is 4.88 Å². The predicted molar refractivity (Wildman–Crippen MR) is 57.9 cm³/mol. The minimum atomic E-state index is 0.595. The van der Waals surface area contributed by atoms with E-state index in [1.54, 1.807) is 11.3 Å². The number of nitrogens with zero attached hydrogens (tertiary/aromatic N) is 3. The Bertz CT molecular complexity index is 382. The van der Waals surface area contributed by atoms with Crippen molar-refractivity contribution in [2.24, 2.45) is 0 Å². The van der Waals surface area contributed by atoms with E-state index in [9.17, 15) is 0 Å². The molecule has 3 nitrogen and oxygen atoms in total. The van der Waals surface area contributed by atoms with Gasteiger partial charge in [0.1, 0.15) is 0 Å². The maximum atomic E-state index is 5.61. The van der Waals surface area contributed by atoms with Crippen molar-refractivity contribution in [3.63, 3.8) is 0 Å². The molecule has 2 aromatic heterocycles. The monoisotopic (exact) mass is 227 g/mol. The Balaban J connectivity index is 2.03. The molecular weight excluding hydrogens is 218 g/mol. The maximum absolute atomic E-state index is 5.61. The normalized spacial score (nSPS) is 10.6. The largest absolute Gasteiger partial charge is 0.247 e. The summed E-state index contributed by atoms with van der Waals surface area (Å²) < 4.78 is 1.84. The summed E-state index contributed by atoms with van der Waals surface area (Å²) in [6, 6.07) is 4.13. The highest BCUT2D eigenvalue weighted by atomic mass is 35.5. The van der Waals surface area contributed by atoms with Crippen LogP contribution in [0.1, 0.15) is 10.6 Å². The van der Waals surface area contributed by atoms with Gasteiger partial charge in [0.15, 0.2) is 0 Å². The zero-order chi connectivity index (χ0) is 9.80. The van der Waals surface area contributed by atoms with Crippen LogP contribution in [0, 0.1) is 0 Å². The zero-order valence-corrected chi connectivity index (χ0v) is 9.13. The second-order valence-electron chi connectivity index (χ2n) is 2.93. The molecule has 0 radical (unpaired) electrons. The Kier molecular flexibility index (Phi) is 3.16. The Hall–Kier alpha value is -0.870. The molecule has 0 fully saturated rings. The Morgan fingerprint density at radius 2 is 2.43 bits per heavy atom. The molecule has 74 valence electrons. The number of hydrogen-bond acceptors (Lipinski definition) is 3. The molecule has 0 aliphatic rings. The van der Waals surface area contributed by atoms with Gasteiger partial charge in [0.05, 0.1) is 12.2 Å². The Morgan fingerprint density at radius 3 is 3.14 bits per heavy atom. The average Bonchev–Trinajstić information content (AvgIpc) is 2.79. The van der Waals surface area contributed by atoms with Crippen LogP contribution in [0.3, 0.4) is 0 Å². The number of thiophene rings is 1. The van der Waals surface area contributed by atoms with E-state index in [4.69, 9.17) is 11.6 Å². The second-order valence-corrected chi connectivity index (χ2v) is 4.34.